The van der Waals surface area contributed by atoms with E-state index < -0.39 is 0 Å². The second-order valence-corrected chi connectivity index (χ2v) is 5.77. The normalized spacial score (nSPS) is 24.4. The predicted molar refractivity (Wildman–Crippen MR) is 68.5 cm³/mol. The molecule has 4 nitrogen and oxygen atoms in total. The minimum Gasteiger partial charge on any atom is -0.360 e. The molecule has 98 valence electrons. The van der Waals surface area contributed by atoms with E-state index in [4.69, 9.17) is 4.52 Å². The second-order valence-electron chi connectivity index (χ2n) is 5.77. The summed E-state index contributed by atoms with van der Waals surface area (Å²) in [7, 11) is 0. The Morgan fingerprint density at radius 2 is 2.28 bits per heavy atom. The van der Waals surface area contributed by atoms with Crippen molar-refractivity contribution in [3.63, 3.8) is 0 Å². The predicted octanol–water partition coefficient (Wildman–Crippen LogP) is 2.53. The minimum absolute atomic E-state index is 0.0583. The van der Waals surface area contributed by atoms with Gasteiger partial charge in [0.1, 0.15) is 0 Å². The fourth-order valence-electron chi connectivity index (χ4n) is 2.47. The maximum atomic E-state index is 12.1. The summed E-state index contributed by atoms with van der Waals surface area (Å²) in [5, 5.41) is 6.51. The highest BCUT2D eigenvalue weighted by Crippen LogP contribution is 2.59. The standard InChI is InChI=1S/C14H20N2O2/c1-9(2)7-11-12(14(11,3)4)13(17)15-8-10-5-6-16-18-10/h5-7,11-12H,8H2,1-4H3,(H,15,17)/t11-,12+/m1/s1. The van der Waals surface area contributed by atoms with E-state index in [1.807, 2.05) is 0 Å². The highest BCUT2D eigenvalue weighted by molar-refractivity contribution is 5.83. The van der Waals surface area contributed by atoms with Gasteiger partial charge in [-0.25, -0.2) is 0 Å². The third kappa shape index (κ3) is 2.47. The summed E-state index contributed by atoms with van der Waals surface area (Å²) in [6.45, 7) is 8.81. The van der Waals surface area contributed by atoms with Gasteiger partial charge in [-0.1, -0.05) is 30.7 Å². The third-order valence-electron chi connectivity index (χ3n) is 3.63. The van der Waals surface area contributed by atoms with E-state index in [9.17, 15) is 4.79 Å². The van der Waals surface area contributed by atoms with Gasteiger partial charge in [-0.15, -0.1) is 0 Å². The molecule has 1 saturated carbocycles. The van der Waals surface area contributed by atoms with E-state index in [1.165, 1.54) is 5.57 Å². The molecule has 1 fully saturated rings. The molecule has 1 aromatic rings. The van der Waals surface area contributed by atoms with Crippen LogP contribution in [0.1, 0.15) is 33.5 Å². The number of amides is 1. The van der Waals surface area contributed by atoms with Gasteiger partial charge in [0.05, 0.1) is 18.7 Å². The molecule has 0 radical (unpaired) electrons. The van der Waals surface area contributed by atoms with Gasteiger partial charge < -0.3 is 9.84 Å². The van der Waals surface area contributed by atoms with Gasteiger partial charge in [-0.2, -0.15) is 0 Å². The molecule has 0 aromatic carbocycles. The van der Waals surface area contributed by atoms with Crippen molar-refractivity contribution in [1.82, 2.24) is 10.5 Å². The van der Waals surface area contributed by atoms with Gasteiger partial charge >= 0.3 is 0 Å². The maximum absolute atomic E-state index is 12.1. The molecule has 2 rings (SSSR count). The van der Waals surface area contributed by atoms with Gasteiger partial charge in [-0.3, -0.25) is 4.79 Å². The van der Waals surface area contributed by atoms with E-state index in [1.54, 1.807) is 12.3 Å². The monoisotopic (exact) mass is 248 g/mol. The number of rotatable bonds is 4. The lowest BCUT2D eigenvalue weighted by Crippen LogP contribution is -2.26. The van der Waals surface area contributed by atoms with Crippen molar-refractivity contribution in [2.75, 3.05) is 0 Å². The Labute approximate surface area is 107 Å². The molecule has 0 aliphatic heterocycles. The molecule has 1 aromatic heterocycles. The van der Waals surface area contributed by atoms with Gasteiger partial charge in [-0.05, 0) is 25.2 Å². The summed E-state index contributed by atoms with van der Waals surface area (Å²) in [4.78, 5) is 12.1. The van der Waals surface area contributed by atoms with Crippen LogP contribution in [0.5, 0.6) is 0 Å². The summed E-state index contributed by atoms with van der Waals surface area (Å²) >= 11 is 0. The van der Waals surface area contributed by atoms with E-state index in [0.717, 1.165) is 0 Å². The van der Waals surface area contributed by atoms with E-state index >= 15 is 0 Å². The topological polar surface area (TPSA) is 55.1 Å². The molecule has 1 heterocycles. The fourth-order valence-corrected chi connectivity index (χ4v) is 2.47. The number of aromatic nitrogens is 1. The molecule has 1 N–H and O–H groups in total. The van der Waals surface area contributed by atoms with Crippen LogP contribution < -0.4 is 5.32 Å². The Morgan fingerprint density at radius 1 is 1.56 bits per heavy atom. The molecule has 0 bridgehead atoms. The first-order chi connectivity index (χ1) is 8.43. The summed E-state index contributed by atoms with van der Waals surface area (Å²) in [6.07, 6.45) is 3.77. The Hall–Kier alpha value is -1.58. The number of hydrogen-bond donors (Lipinski definition) is 1. The zero-order valence-electron chi connectivity index (χ0n) is 11.4. The number of carbonyl (C=O) groups is 1. The molecular weight excluding hydrogens is 228 g/mol. The number of nitrogens with zero attached hydrogens (tertiary/aromatic N) is 1. The van der Waals surface area contributed by atoms with Crippen molar-refractivity contribution in [2.45, 2.75) is 34.2 Å². The maximum Gasteiger partial charge on any atom is 0.224 e. The van der Waals surface area contributed by atoms with Crippen LogP contribution in [-0.4, -0.2) is 11.1 Å². The minimum atomic E-state index is 0.0583. The Balaban J connectivity index is 1.92. The summed E-state index contributed by atoms with van der Waals surface area (Å²) in [6, 6.07) is 1.76. The van der Waals surface area contributed by atoms with Crippen LogP contribution in [0.2, 0.25) is 0 Å². The highest BCUT2D eigenvalue weighted by atomic mass is 16.5. The lowest BCUT2D eigenvalue weighted by atomic mass is 10.1. The molecule has 18 heavy (non-hydrogen) atoms. The molecule has 0 spiro atoms. The van der Waals surface area contributed by atoms with Crippen LogP contribution in [0.25, 0.3) is 0 Å². The van der Waals surface area contributed by atoms with Crippen molar-refractivity contribution >= 4 is 5.91 Å². The second kappa shape index (κ2) is 4.59. The lowest BCUT2D eigenvalue weighted by molar-refractivity contribution is -0.123. The average molecular weight is 248 g/mol. The summed E-state index contributed by atoms with van der Waals surface area (Å²) < 4.78 is 4.95. The van der Waals surface area contributed by atoms with Crippen LogP contribution in [0.4, 0.5) is 0 Å². The van der Waals surface area contributed by atoms with E-state index in [0.29, 0.717) is 18.2 Å². The molecule has 1 aliphatic rings. The molecule has 1 amide bonds. The average Bonchev–Trinajstić information content (AvgIpc) is 2.70. The van der Waals surface area contributed by atoms with Gasteiger partial charge in [0.25, 0.3) is 0 Å². The van der Waals surface area contributed by atoms with E-state index in [2.05, 4.69) is 44.2 Å². The van der Waals surface area contributed by atoms with Gasteiger partial charge in [0.15, 0.2) is 5.76 Å². The third-order valence-corrected chi connectivity index (χ3v) is 3.63. The van der Waals surface area contributed by atoms with Crippen LogP contribution in [0.3, 0.4) is 0 Å². The Kier molecular flexibility index (Phi) is 3.28. The number of hydrogen-bond acceptors (Lipinski definition) is 3. The zero-order valence-corrected chi connectivity index (χ0v) is 11.4. The molecule has 0 saturated heterocycles. The van der Waals surface area contributed by atoms with Crippen LogP contribution in [0, 0.1) is 17.3 Å². The SMILES string of the molecule is CC(C)=C[C@@H]1[C@@H](C(=O)NCc2ccno2)C1(C)C. The number of allylic oxidation sites excluding steroid dienone is 2. The zero-order chi connectivity index (χ0) is 13.3. The molecular formula is C14H20N2O2. The van der Waals surface area contributed by atoms with Crippen molar-refractivity contribution in [3.8, 4) is 0 Å². The van der Waals surface area contributed by atoms with Crippen LogP contribution in [0.15, 0.2) is 28.4 Å². The van der Waals surface area contributed by atoms with Gasteiger partial charge in [0.2, 0.25) is 5.91 Å². The van der Waals surface area contributed by atoms with Crippen molar-refractivity contribution in [1.29, 1.82) is 0 Å². The Bertz CT molecular complexity index is 456. The summed E-state index contributed by atoms with van der Waals surface area (Å²) in [5.74, 6) is 1.19. The number of nitrogens with one attached hydrogen (secondary N) is 1. The largest absolute Gasteiger partial charge is 0.360 e. The van der Waals surface area contributed by atoms with Crippen molar-refractivity contribution in [3.05, 3.63) is 29.7 Å². The first kappa shape index (κ1) is 12.9. The first-order valence-corrected chi connectivity index (χ1v) is 6.25. The molecule has 0 unspecified atom stereocenters. The first-order valence-electron chi connectivity index (χ1n) is 6.25. The van der Waals surface area contributed by atoms with Gasteiger partial charge in [0, 0.05) is 6.07 Å². The molecule has 4 heteroatoms. The lowest BCUT2D eigenvalue weighted by Gasteiger charge is -2.03. The van der Waals surface area contributed by atoms with Crippen molar-refractivity contribution < 1.29 is 9.32 Å². The molecule has 1 aliphatic carbocycles. The smallest absolute Gasteiger partial charge is 0.224 e. The Morgan fingerprint density at radius 3 is 2.83 bits per heavy atom. The summed E-state index contributed by atoms with van der Waals surface area (Å²) in [5.41, 5.74) is 1.32. The van der Waals surface area contributed by atoms with Crippen molar-refractivity contribution in [2.24, 2.45) is 17.3 Å². The quantitative estimate of drug-likeness (QED) is 0.833. The van der Waals surface area contributed by atoms with Crippen LogP contribution >= 0.6 is 0 Å². The molecule has 2 atom stereocenters. The number of carbonyl (C=O) groups excluding carboxylic acids is 1. The highest BCUT2D eigenvalue weighted by Gasteiger charge is 2.60. The van der Waals surface area contributed by atoms with E-state index in [-0.39, 0.29) is 17.2 Å². The fraction of sp³-hybridized carbons (Fsp3) is 0.571. The van der Waals surface area contributed by atoms with Crippen LogP contribution in [-0.2, 0) is 11.3 Å².